The van der Waals surface area contributed by atoms with Gasteiger partial charge in [-0.3, -0.25) is 19.3 Å². The standard InChI is InChI=1S/C29H32ClFN4O3/c30-19-9-10-21(23(31)16-19)18-8-11-24-22(15-18)28(37)35-14-13-33(17-26(35)27(36)32-24)29(38)25-7-4-12-34(25)20-5-2-1-3-6-20/h8-11,15-16,20,25-26H,1-7,12-14,17H2,(H,32,36)/t25-,26+/m0/s1. The van der Waals surface area contributed by atoms with E-state index in [1.807, 2.05) is 0 Å². The largest absolute Gasteiger partial charge is 0.337 e. The summed E-state index contributed by atoms with van der Waals surface area (Å²) in [7, 11) is 0. The van der Waals surface area contributed by atoms with E-state index in [2.05, 4.69) is 10.2 Å². The Balaban J connectivity index is 1.21. The van der Waals surface area contributed by atoms with Crippen LogP contribution in [0.4, 0.5) is 10.1 Å². The molecule has 1 N–H and O–H groups in total. The summed E-state index contributed by atoms with van der Waals surface area (Å²) in [5.41, 5.74) is 1.56. The molecule has 0 spiro atoms. The summed E-state index contributed by atoms with van der Waals surface area (Å²) in [5, 5.41) is 3.17. The zero-order valence-corrected chi connectivity index (χ0v) is 22.1. The smallest absolute Gasteiger partial charge is 0.256 e. The van der Waals surface area contributed by atoms with Gasteiger partial charge in [-0.1, -0.05) is 36.9 Å². The number of fused-ring (bicyclic) bond motifs is 2. The Morgan fingerprint density at radius 1 is 0.921 bits per heavy atom. The van der Waals surface area contributed by atoms with Gasteiger partial charge >= 0.3 is 0 Å². The minimum atomic E-state index is -0.771. The molecular weight excluding hydrogens is 507 g/mol. The van der Waals surface area contributed by atoms with Gasteiger partial charge in [0.05, 0.1) is 23.8 Å². The van der Waals surface area contributed by atoms with E-state index >= 15 is 0 Å². The Kier molecular flexibility index (Phi) is 6.86. The van der Waals surface area contributed by atoms with Crippen LogP contribution in [0.25, 0.3) is 11.1 Å². The number of piperazine rings is 1. The molecule has 2 saturated heterocycles. The van der Waals surface area contributed by atoms with Crippen molar-refractivity contribution in [3.63, 3.8) is 0 Å². The minimum Gasteiger partial charge on any atom is -0.337 e. The Hall–Kier alpha value is -2.97. The number of anilines is 1. The molecule has 7 nitrogen and oxygen atoms in total. The van der Waals surface area contributed by atoms with E-state index in [0.717, 1.165) is 32.2 Å². The molecule has 1 saturated carbocycles. The van der Waals surface area contributed by atoms with Gasteiger partial charge in [-0.05, 0) is 68.1 Å². The molecule has 1 aliphatic carbocycles. The molecule has 3 amide bonds. The molecular formula is C29H32ClFN4O3. The highest BCUT2D eigenvalue weighted by atomic mass is 35.5. The minimum absolute atomic E-state index is 0.0789. The van der Waals surface area contributed by atoms with Crippen LogP contribution in [0.15, 0.2) is 36.4 Å². The lowest BCUT2D eigenvalue weighted by Gasteiger charge is -2.42. The molecule has 6 rings (SSSR count). The average Bonchev–Trinajstić information content (AvgIpc) is 3.39. The lowest BCUT2D eigenvalue weighted by Crippen LogP contribution is -2.62. The van der Waals surface area contributed by atoms with Crippen molar-refractivity contribution in [1.29, 1.82) is 0 Å². The highest BCUT2D eigenvalue weighted by Crippen LogP contribution is 2.34. The lowest BCUT2D eigenvalue weighted by molar-refractivity contribution is -0.141. The summed E-state index contributed by atoms with van der Waals surface area (Å²) in [5.74, 6) is -1.01. The number of hydrogen-bond acceptors (Lipinski definition) is 4. The summed E-state index contributed by atoms with van der Waals surface area (Å²) < 4.78 is 14.6. The van der Waals surface area contributed by atoms with Crippen LogP contribution in [0.3, 0.4) is 0 Å². The molecule has 2 aromatic rings. The van der Waals surface area contributed by atoms with Crippen molar-refractivity contribution < 1.29 is 18.8 Å². The van der Waals surface area contributed by atoms with Crippen LogP contribution in [-0.4, -0.2) is 76.7 Å². The van der Waals surface area contributed by atoms with Crippen molar-refractivity contribution in [2.24, 2.45) is 0 Å². The van der Waals surface area contributed by atoms with Crippen LogP contribution in [0.2, 0.25) is 5.02 Å². The maximum absolute atomic E-state index is 14.6. The summed E-state index contributed by atoms with van der Waals surface area (Å²) in [4.78, 5) is 46.3. The first-order valence-electron chi connectivity index (χ1n) is 13.7. The zero-order chi connectivity index (χ0) is 26.4. The first kappa shape index (κ1) is 25.3. The van der Waals surface area contributed by atoms with Crippen LogP contribution in [0, 0.1) is 5.82 Å². The monoisotopic (exact) mass is 538 g/mol. The van der Waals surface area contributed by atoms with E-state index in [1.54, 1.807) is 40.1 Å². The molecule has 3 fully saturated rings. The fraction of sp³-hybridized carbons (Fsp3) is 0.483. The second kappa shape index (κ2) is 10.3. The van der Waals surface area contributed by atoms with Gasteiger partial charge in [-0.15, -0.1) is 0 Å². The molecule has 200 valence electrons. The molecule has 0 aromatic heterocycles. The van der Waals surface area contributed by atoms with Gasteiger partial charge in [0.25, 0.3) is 5.91 Å². The number of nitrogens with one attached hydrogen (secondary N) is 1. The Morgan fingerprint density at radius 2 is 1.74 bits per heavy atom. The number of benzene rings is 2. The summed E-state index contributed by atoms with van der Waals surface area (Å²) in [6, 6.07) is 8.90. The quantitative estimate of drug-likeness (QED) is 0.622. The van der Waals surface area contributed by atoms with E-state index in [-0.39, 0.29) is 36.9 Å². The second-order valence-electron chi connectivity index (χ2n) is 10.9. The molecule has 2 aromatic carbocycles. The predicted molar refractivity (Wildman–Crippen MR) is 143 cm³/mol. The normalized spacial score (nSPS) is 24.6. The third kappa shape index (κ3) is 4.58. The average molecular weight is 539 g/mol. The Labute approximate surface area is 226 Å². The van der Waals surface area contributed by atoms with Gasteiger partial charge < -0.3 is 15.1 Å². The van der Waals surface area contributed by atoms with Gasteiger partial charge in [0.1, 0.15) is 11.9 Å². The first-order valence-corrected chi connectivity index (χ1v) is 14.0. The SMILES string of the molecule is O=C1Nc2ccc(-c3ccc(Cl)cc3F)cc2C(=O)N2CCN(C(=O)[C@@H]3CCCN3C3CCCCC3)C[C@H]12. The van der Waals surface area contributed by atoms with Crippen molar-refractivity contribution in [1.82, 2.24) is 14.7 Å². The van der Waals surface area contributed by atoms with E-state index in [0.29, 0.717) is 40.0 Å². The molecule has 9 heteroatoms. The Bertz CT molecular complexity index is 1280. The highest BCUT2D eigenvalue weighted by Gasteiger charge is 2.44. The molecule has 38 heavy (non-hydrogen) atoms. The van der Waals surface area contributed by atoms with Crippen LogP contribution in [0.1, 0.15) is 55.3 Å². The van der Waals surface area contributed by atoms with Crippen LogP contribution >= 0.6 is 11.6 Å². The molecule has 4 aliphatic rings. The molecule has 0 bridgehead atoms. The fourth-order valence-electron chi connectivity index (χ4n) is 6.66. The van der Waals surface area contributed by atoms with Gasteiger partial charge in [-0.25, -0.2) is 4.39 Å². The topological polar surface area (TPSA) is 73.0 Å². The summed E-state index contributed by atoms with van der Waals surface area (Å²) >= 11 is 5.90. The van der Waals surface area contributed by atoms with Gasteiger partial charge in [0.2, 0.25) is 11.8 Å². The van der Waals surface area contributed by atoms with E-state index in [9.17, 15) is 18.8 Å². The van der Waals surface area contributed by atoms with E-state index in [4.69, 9.17) is 11.6 Å². The van der Waals surface area contributed by atoms with Crippen molar-refractivity contribution in [2.75, 3.05) is 31.5 Å². The summed E-state index contributed by atoms with van der Waals surface area (Å²) in [6.07, 6.45) is 7.88. The number of carbonyl (C=O) groups excluding carboxylic acids is 3. The number of amides is 3. The van der Waals surface area contributed by atoms with Gasteiger partial charge in [0, 0.05) is 29.7 Å². The van der Waals surface area contributed by atoms with E-state index in [1.165, 1.54) is 25.3 Å². The van der Waals surface area contributed by atoms with Crippen LogP contribution in [-0.2, 0) is 9.59 Å². The molecule has 2 atom stereocenters. The first-order chi connectivity index (χ1) is 18.4. The number of hydrogen-bond donors (Lipinski definition) is 1. The number of likely N-dealkylation sites (tertiary alicyclic amines) is 1. The second-order valence-corrected chi connectivity index (χ2v) is 11.3. The maximum atomic E-state index is 14.6. The van der Waals surface area contributed by atoms with Crippen molar-refractivity contribution in [2.45, 2.75) is 63.1 Å². The fourth-order valence-corrected chi connectivity index (χ4v) is 6.82. The van der Waals surface area contributed by atoms with Crippen molar-refractivity contribution in [3.8, 4) is 11.1 Å². The molecule has 0 radical (unpaired) electrons. The van der Waals surface area contributed by atoms with Crippen LogP contribution in [0.5, 0.6) is 0 Å². The number of nitrogens with zero attached hydrogens (tertiary/aromatic N) is 3. The number of halogens is 2. The molecule has 0 unspecified atom stereocenters. The predicted octanol–water partition coefficient (Wildman–Crippen LogP) is 4.55. The van der Waals surface area contributed by atoms with Crippen molar-refractivity contribution in [3.05, 3.63) is 52.8 Å². The zero-order valence-electron chi connectivity index (χ0n) is 21.3. The van der Waals surface area contributed by atoms with Gasteiger partial charge in [-0.2, -0.15) is 0 Å². The van der Waals surface area contributed by atoms with Crippen LogP contribution < -0.4 is 5.32 Å². The third-order valence-corrected chi connectivity index (χ3v) is 8.86. The number of carbonyl (C=O) groups is 3. The third-order valence-electron chi connectivity index (χ3n) is 8.63. The lowest BCUT2D eigenvalue weighted by atomic mass is 9.93. The number of rotatable bonds is 3. The van der Waals surface area contributed by atoms with E-state index < -0.39 is 11.9 Å². The highest BCUT2D eigenvalue weighted by molar-refractivity contribution is 6.30. The summed E-state index contributed by atoms with van der Waals surface area (Å²) in [6.45, 7) is 1.80. The maximum Gasteiger partial charge on any atom is 0.256 e. The Morgan fingerprint density at radius 3 is 2.53 bits per heavy atom. The molecule has 3 aliphatic heterocycles. The van der Waals surface area contributed by atoms with Gasteiger partial charge in [0.15, 0.2) is 0 Å². The van der Waals surface area contributed by atoms with Crippen molar-refractivity contribution >= 4 is 35.0 Å². The molecule has 3 heterocycles.